The second kappa shape index (κ2) is 8.43. The number of nitrogens with one attached hydrogen (secondary N) is 1. The van der Waals surface area contributed by atoms with Gasteiger partial charge in [0.05, 0.1) is 10.7 Å². The van der Waals surface area contributed by atoms with E-state index in [4.69, 9.17) is 16.3 Å². The Balaban J connectivity index is 1.53. The predicted octanol–water partition coefficient (Wildman–Crippen LogP) is 3.29. The van der Waals surface area contributed by atoms with E-state index in [9.17, 15) is 12.8 Å². The number of aromatic nitrogens is 2. The van der Waals surface area contributed by atoms with Gasteiger partial charge in [-0.15, -0.1) is 10.2 Å². The lowest BCUT2D eigenvalue weighted by Gasteiger charge is -2.09. The summed E-state index contributed by atoms with van der Waals surface area (Å²) in [6.07, 6.45) is 0. The van der Waals surface area contributed by atoms with Gasteiger partial charge in [0.2, 0.25) is 15.9 Å². The molecule has 0 aliphatic rings. The topological polar surface area (TPSA) is 81.2 Å². The van der Waals surface area contributed by atoms with Crippen molar-refractivity contribution in [3.63, 3.8) is 0 Å². The molecule has 0 bridgehead atoms. The summed E-state index contributed by atoms with van der Waals surface area (Å²) in [4.78, 5) is 0.00936. The third-order valence-corrected chi connectivity index (χ3v) is 5.51. The Morgan fingerprint density at radius 3 is 2.41 bits per heavy atom. The second-order valence-corrected chi connectivity index (χ2v) is 7.58. The van der Waals surface area contributed by atoms with Crippen LogP contribution in [0, 0.1) is 5.82 Å². The maximum Gasteiger partial charge on any atom is 0.242 e. The Morgan fingerprint density at radius 2 is 1.74 bits per heavy atom. The zero-order valence-corrected chi connectivity index (χ0v) is 15.5. The molecule has 0 atom stereocenters. The highest BCUT2D eigenvalue weighted by Gasteiger charge is 2.16. The van der Waals surface area contributed by atoms with Gasteiger partial charge in [-0.1, -0.05) is 23.7 Å². The van der Waals surface area contributed by atoms with E-state index in [0.29, 0.717) is 5.69 Å². The Labute approximate surface area is 161 Å². The first kappa shape index (κ1) is 19.2. The number of sulfonamides is 1. The predicted molar refractivity (Wildman–Crippen MR) is 99.6 cm³/mol. The number of nitrogens with zero attached hydrogens (tertiary/aromatic N) is 2. The standard InChI is InChI=1S/C18H15ClFN3O3S/c19-15-3-1-2-4-17(15)27(24,25)21-11-12-26-18-10-9-16(22-23-18)13-5-7-14(20)8-6-13/h1-10,21H,11-12H2. The molecule has 3 rings (SSSR count). The Morgan fingerprint density at radius 1 is 1.00 bits per heavy atom. The summed E-state index contributed by atoms with van der Waals surface area (Å²) >= 11 is 5.90. The van der Waals surface area contributed by atoms with Gasteiger partial charge in [0.15, 0.2) is 0 Å². The smallest absolute Gasteiger partial charge is 0.242 e. The quantitative estimate of drug-likeness (QED) is 0.608. The van der Waals surface area contributed by atoms with Crippen LogP contribution in [-0.4, -0.2) is 31.8 Å². The Bertz CT molecular complexity index is 1010. The first-order valence-corrected chi connectivity index (χ1v) is 9.78. The van der Waals surface area contributed by atoms with E-state index in [1.807, 2.05) is 0 Å². The first-order chi connectivity index (χ1) is 13.0. The normalized spacial score (nSPS) is 11.3. The Kier molecular flexibility index (Phi) is 6.00. The van der Waals surface area contributed by atoms with Gasteiger partial charge < -0.3 is 4.74 Å². The minimum absolute atomic E-state index is 0.00936. The van der Waals surface area contributed by atoms with Gasteiger partial charge in [-0.05, 0) is 42.5 Å². The van der Waals surface area contributed by atoms with Crippen LogP contribution in [0.4, 0.5) is 4.39 Å². The summed E-state index contributed by atoms with van der Waals surface area (Å²) in [6, 6.07) is 15.3. The molecular weight excluding hydrogens is 393 g/mol. The molecule has 1 aromatic heterocycles. The molecule has 0 spiro atoms. The van der Waals surface area contributed by atoms with Crippen LogP contribution in [0.2, 0.25) is 5.02 Å². The molecule has 1 N–H and O–H groups in total. The maximum absolute atomic E-state index is 12.9. The Hall–Kier alpha value is -2.55. The molecule has 0 amide bonds. The summed E-state index contributed by atoms with van der Waals surface area (Å²) in [6.45, 7) is 0.100. The second-order valence-electron chi connectivity index (χ2n) is 5.44. The van der Waals surface area contributed by atoms with Crippen LogP contribution in [0.15, 0.2) is 65.6 Å². The van der Waals surface area contributed by atoms with Gasteiger partial charge in [0, 0.05) is 18.2 Å². The number of rotatable bonds is 7. The van der Waals surface area contributed by atoms with Crippen molar-refractivity contribution in [2.75, 3.05) is 13.2 Å². The summed E-state index contributed by atoms with van der Waals surface area (Å²) in [5.41, 5.74) is 1.30. The highest BCUT2D eigenvalue weighted by Crippen LogP contribution is 2.20. The van der Waals surface area contributed by atoms with Crippen molar-refractivity contribution in [1.29, 1.82) is 0 Å². The van der Waals surface area contributed by atoms with Crippen LogP contribution in [0.25, 0.3) is 11.3 Å². The lowest BCUT2D eigenvalue weighted by atomic mass is 10.1. The molecule has 2 aromatic carbocycles. The van der Waals surface area contributed by atoms with Crippen LogP contribution < -0.4 is 9.46 Å². The highest BCUT2D eigenvalue weighted by atomic mass is 35.5. The summed E-state index contributed by atoms with van der Waals surface area (Å²) in [7, 11) is -3.72. The van der Waals surface area contributed by atoms with Crippen LogP contribution in [0.1, 0.15) is 0 Å². The number of benzene rings is 2. The van der Waals surface area contributed by atoms with E-state index in [1.54, 1.807) is 36.4 Å². The zero-order valence-electron chi connectivity index (χ0n) is 14.0. The van der Waals surface area contributed by atoms with E-state index in [-0.39, 0.29) is 34.8 Å². The summed E-state index contributed by atoms with van der Waals surface area (Å²) in [5, 5.41) is 8.08. The van der Waals surface area contributed by atoms with E-state index >= 15 is 0 Å². The van der Waals surface area contributed by atoms with E-state index < -0.39 is 10.0 Å². The van der Waals surface area contributed by atoms with Crippen molar-refractivity contribution in [3.05, 3.63) is 71.5 Å². The largest absolute Gasteiger partial charge is 0.475 e. The number of hydrogen-bond acceptors (Lipinski definition) is 5. The van der Waals surface area contributed by atoms with Gasteiger partial charge >= 0.3 is 0 Å². The molecule has 140 valence electrons. The molecule has 6 nitrogen and oxygen atoms in total. The maximum atomic E-state index is 12.9. The average molecular weight is 408 g/mol. The van der Waals surface area contributed by atoms with E-state index in [0.717, 1.165) is 5.56 Å². The molecule has 27 heavy (non-hydrogen) atoms. The average Bonchev–Trinajstić information content (AvgIpc) is 2.67. The van der Waals surface area contributed by atoms with Gasteiger partial charge in [-0.3, -0.25) is 0 Å². The number of ether oxygens (including phenoxy) is 1. The molecule has 0 radical (unpaired) electrons. The fourth-order valence-electron chi connectivity index (χ4n) is 2.24. The van der Waals surface area contributed by atoms with Gasteiger partial charge in [0.1, 0.15) is 17.3 Å². The molecule has 0 saturated heterocycles. The minimum atomic E-state index is -3.72. The highest BCUT2D eigenvalue weighted by molar-refractivity contribution is 7.89. The molecule has 0 unspecified atom stereocenters. The molecule has 0 fully saturated rings. The molecule has 3 aromatic rings. The van der Waals surface area contributed by atoms with Crippen LogP contribution >= 0.6 is 11.6 Å². The molecule has 0 aliphatic heterocycles. The zero-order chi connectivity index (χ0) is 19.3. The van der Waals surface area contributed by atoms with Crippen molar-refractivity contribution in [1.82, 2.24) is 14.9 Å². The van der Waals surface area contributed by atoms with Crippen LogP contribution in [0.3, 0.4) is 0 Å². The summed E-state index contributed by atoms with van der Waals surface area (Å²) < 4.78 is 45.1. The van der Waals surface area contributed by atoms with Crippen LogP contribution in [0.5, 0.6) is 5.88 Å². The van der Waals surface area contributed by atoms with Crippen molar-refractivity contribution in [3.8, 4) is 17.1 Å². The van der Waals surface area contributed by atoms with Gasteiger partial charge in [-0.25, -0.2) is 17.5 Å². The van der Waals surface area contributed by atoms with E-state index in [2.05, 4.69) is 14.9 Å². The third-order valence-electron chi connectivity index (χ3n) is 3.55. The molecule has 0 aliphatic carbocycles. The van der Waals surface area contributed by atoms with Crippen molar-refractivity contribution in [2.24, 2.45) is 0 Å². The molecular formula is C18H15ClFN3O3S. The SMILES string of the molecule is O=S(=O)(NCCOc1ccc(-c2ccc(F)cc2)nn1)c1ccccc1Cl. The lowest BCUT2D eigenvalue weighted by Crippen LogP contribution is -2.28. The fourth-order valence-corrected chi connectivity index (χ4v) is 3.77. The number of halogens is 2. The third kappa shape index (κ3) is 5.00. The number of hydrogen-bond donors (Lipinski definition) is 1. The molecule has 0 saturated carbocycles. The first-order valence-electron chi connectivity index (χ1n) is 7.92. The fraction of sp³-hybridized carbons (Fsp3) is 0.111. The minimum Gasteiger partial charge on any atom is -0.475 e. The monoisotopic (exact) mass is 407 g/mol. The summed E-state index contributed by atoms with van der Waals surface area (Å²) in [5.74, 6) is -0.0799. The van der Waals surface area contributed by atoms with Gasteiger partial charge in [0.25, 0.3) is 0 Å². The molecule has 1 heterocycles. The van der Waals surface area contributed by atoms with Gasteiger partial charge in [-0.2, -0.15) is 0 Å². The van der Waals surface area contributed by atoms with Crippen molar-refractivity contribution in [2.45, 2.75) is 4.90 Å². The van der Waals surface area contributed by atoms with Crippen LogP contribution in [-0.2, 0) is 10.0 Å². The lowest BCUT2D eigenvalue weighted by molar-refractivity contribution is 0.307. The van der Waals surface area contributed by atoms with Crippen molar-refractivity contribution < 1.29 is 17.5 Å². The van der Waals surface area contributed by atoms with E-state index in [1.165, 1.54) is 24.3 Å². The molecule has 9 heteroatoms. The van der Waals surface area contributed by atoms with Crippen molar-refractivity contribution >= 4 is 21.6 Å².